The van der Waals surface area contributed by atoms with Crippen LogP contribution in [-0.2, 0) is 11.3 Å². The molecule has 3 rings (SSSR count). The van der Waals surface area contributed by atoms with Crippen LogP contribution in [0.5, 0.6) is 0 Å². The van der Waals surface area contributed by atoms with Crippen molar-refractivity contribution in [2.45, 2.75) is 79.1 Å². The number of para-hydroxylation sites is 2. The minimum atomic E-state index is 0.496. The van der Waals surface area contributed by atoms with Crippen LogP contribution in [0.1, 0.15) is 101 Å². The van der Waals surface area contributed by atoms with Gasteiger partial charge in [-0.15, -0.1) is 0 Å². The van der Waals surface area contributed by atoms with Crippen molar-refractivity contribution in [1.29, 1.82) is 0 Å². The zero-order valence-corrected chi connectivity index (χ0v) is 23.4. The van der Waals surface area contributed by atoms with E-state index in [1.54, 1.807) is 0 Å². The third-order valence-corrected chi connectivity index (χ3v) is 8.09. The number of anilines is 2. The Balaban J connectivity index is 2.18. The fourth-order valence-corrected chi connectivity index (χ4v) is 6.67. The maximum atomic E-state index is 2.60. The van der Waals surface area contributed by atoms with Gasteiger partial charge < -0.3 is 0 Å². The molecule has 0 bridgehead atoms. The van der Waals surface area contributed by atoms with Gasteiger partial charge in [-0.1, -0.05) is 0 Å². The summed E-state index contributed by atoms with van der Waals surface area (Å²) < 4.78 is 1.34. The van der Waals surface area contributed by atoms with E-state index in [4.69, 9.17) is 0 Å². The summed E-state index contributed by atoms with van der Waals surface area (Å²) in [4.78, 5) is 5.19. The van der Waals surface area contributed by atoms with Crippen molar-refractivity contribution < 1.29 is 11.3 Å². The van der Waals surface area contributed by atoms with Gasteiger partial charge in [-0.05, 0) is 0 Å². The zero-order chi connectivity index (χ0) is 22.9. The van der Waals surface area contributed by atoms with Crippen molar-refractivity contribution in [3.05, 3.63) is 58.7 Å². The van der Waals surface area contributed by atoms with E-state index in [0.717, 1.165) is 13.1 Å². The van der Waals surface area contributed by atoms with Crippen LogP contribution in [-0.4, -0.2) is 17.8 Å². The van der Waals surface area contributed by atoms with Gasteiger partial charge >= 0.3 is 208 Å². The Labute approximate surface area is 207 Å². The molecule has 0 atom stereocenters. The Hall–Kier alpha value is -0.841. The summed E-state index contributed by atoms with van der Waals surface area (Å²) in [5.41, 5.74) is 8.68. The topological polar surface area (TPSA) is 6.48 Å². The van der Waals surface area contributed by atoms with Gasteiger partial charge in [-0.3, -0.25) is 0 Å². The molecule has 174 valence electrons. The molecular weight excluding hydrogens is 543 g/mol. The van der Waals surface area contributed by atoms with E-state index in [0.29, 0.717) is 23.7 Å². The van der Waals surface area contributed by atoms with Crippen molar-refractivity contribution in [1.82, 2.24) is 0 Å². The Morgan fingerprint density at radius 1 is 0.613 bits per heavy atom. The predicted octanol–water partition coefficient (Wildman–Crippen LogP) is 8.03. The third kappa shape index (κ3) is 4.91. The molecular formula is C27H38CuIN2. The Morgan fingerprint density at radius 2 is 0.903 bits per heavy atom. The first-order valence-corrected chi connectivity index (χ1v) is 15.1. The first-order valence-electron chi connectivity index (χ1n) is 11.6. The Kier molecular flexibility index (Phi) is 8.32. The average molecular weight is 581 g/mol. The minimum absolute atomic E-state index is 0.496. The van der Waals surface area contributed by atoms with Crippen LogP contribution >= 0.6 is 20.3 Å². The quantitative estimate of drug-likeness (QED) is 0.252. The van der Waals surface area contributed by atoms with E-state index in [-0.39, 0.29) is 0 Å². The monoisotopic (exact) mass is 580 g/mol. The van der Waals surface area contributed by atoms with Gasteiger partial charge in [0.05, 0.1) is 0 Å². The second-order valence-electron chi connectivity index (χ2n) is 9.78. The summed E-state index contributed by atoms with van der Waals surface area (Å²) in [5, 5.41) is 0. The summed E-state index contributed by atoms with van der Waals surface area (Å²) in [6.07, 6.45) is 0. The first-order chi connectivity index (χ1) is 14.7. The van der Waals surface area contributed by atoms with E-state index in [9.17, 15) is 0 Å². The molecule has 2 aromatic rings. The molecule has 1 aliphatic heterocycles. The molecule has 2 nitrogen and oxygen atoms in total. The molecule has 1 heterocycles. The summed E-state index contributed by atoms with van der Waals surface area (Å²) in [5.74, 6) is 1.99. The zero-order valence-electron chi connectivity index (χ0n) is 20.3. The molecule has 1 fully saturated rings. The van der Waals surface area contributed by atoms with Gasteiger partial charge in [0, 0.05) is 0 Å². The average Bonchev–Trinajstić information content (AvgIpc) is 3.15. The van der Waals surface area contributed by atoms with Crippen LogP contribution in [0.2, 0.25) is 0 Å². The summed E-state index contributed by atoms with van der Waals surface area (Å²) in [6.45, 7) is 20.6. The first kappa shape index (κ1) is 24.8. The van der Waals surface area contributed by atoms with Crippen LogP contribution in [0.25, 0.3) is 0 Å². The van der Waals surface area contributed by atoms with Crippen molar-refractivity contribution in [2.24, 2.45) is 0 Å². The number of hydrogen-bond donors (Lipinski definition) is 0. The SMILES string of the molecule is CC(C)c1cccc(C(C)C)c1N1CCN(c2c(C(C)C)cccc2C(C)C)[C]1=[Cu][I]. The molecule has 1 saturated heterocycles. The molecule has 0 radical (unpaired) electrons. The summed E-state index contributed by atoms with van der Waals surface area (Å²) >= 11 is 4.44. The summed E-state index contributed by atoms with van der Waals surface area (Å²) in [6, 6.07) is 13.8. The van der Waals surface area contributed by atoms with Gasteiger partial charge in [-0.2, -0.15) is 0 Å². The van der Waals surface area contributed by atoms with Crippen LogP contribution < -0.4 is 9.80 Å². The van der Waals surface area contributed by atoms with E-state index in [2.05, 4.69) is 122 Å². The van der Waals surface area contributed by atoms with Crippen molar-refractivity contribution in [3.8, 4) is 0 Å². The molecule has 0 unspecified atom stereocenters. The number of nitrogens with zero attached hydrogens (tertiary/aromatic N) is 2. The van der Waals surface area contributed by atoms with Gasteiger partial charge in [-0.25, -0.2) is 0 Å². The van der Waals surface area contributed by atoms with Gasteiger partial charge in [0.25, 0.3) is 0 Å². The third-order valence-electron chi connectivity index (χ3n) is 6.23. The van der Waals surface area contributed by atoms with E-state index < -0.39 is 0 Å². The molecule has 4 heteroatoms. The second-order valence-corrected chi connectivity index (χ2v) is 11.7. The van der Waals surface area contributed by atoms with Gasteiger partial charge in [0.1, 0.15) is 0 Å². The van der Waals surface area contributed by atoms with Crippen molar-refractivity contribution in [2.75, 3.05) is 22.9 Å². The van der Waals surface area contributed by atoms with Crippen molar-refractivity contribution >= 4 is 36.4 Å². The molecule has 0 saturated carbocycles. The Bertz CT molecular complexity index is 820. The summed E-state index contributed by atoms with van der Waals surface area (Å²) in [7, 11) is 0. The fourth-order valence-electron chi connectivity index (χ4n) is 4.61. The molecule has 31 heavy (non-hydrogen) atoms. The molecule has 1 aliphatic rings. The van der Waals surface area contributed by atoms with E-state index in [1.807, 2.05) is 11.3 Å². The van der Waals surface area contributed by atoms with Crippen LogP contribution in [0, 0.1) is 0 Å². The standard InChI is InChI=1S/C27H38N2.Cu.HI/c1-18(2)22-11-9-12-23(19(3)4)26(22)28-15-16-29(17-28)27-24(20(5)6)13-10-14-25(27)21(7)8;;/h9-14,18-21H,15-16H2,1-8H3;;1H/q;+1;/p-1. The second kappa shape index (κ2) is 10.4. The fraction of sp³-hybridized carbons (Fsp3) is 0.519. The molecule has 0 N–H and O–H groups in total. The van der Waals surface area contributed by atoms with Gasteiger partial charge in [0.15, 0.2) is 0 Å². The van der Waals surface area contributed by atoms with Crippen molar-refractivity contribution in [3.63, 3.8) is 0 Å². The number of rotatable bonds is 6. The van der Waals surface area contributed by atoms with Gasteiger partial charge in [0.2, 0.25) is 0 Å². The Morgan fingerprint density at radius 3 is 1.13 bits per heavy atom. The number of halogens is 1. The van der Waals surface area contributed by atoms with E-state index >= 15 is 0 Å². The molecule has 0 spiro atoms. The van der Waals surface area contributed by atoms with E-state index in [1.165, 1.54) is 38.3 Å². The van der Waals surface area contributed by atoms with Crippen LogP contribution in [0.3, 0.4) is 0 Å². The number of hydrogen-bond acceptors (Lipinski definition) is 2. The molecule has 0 aromatic heterocycles. The normalized spacial score (nSPS) is 14.9. The van der Waals surface area contributed by atoms with Crippen LogP contribution in [0.15, 0.2) is 36.4 Å². The maximum absolute atomic E-state index is 2.60. The molecule has 0 aliphatic carbocycles. The van der Waals surface area contributed by atoms with Crippen LogP contribution in [0.4, 0.5) is 11.4 Å². The molecule has 0 amide bonds. The predicted molar refractivity (Wildman–Crippen MR) is 143 cm³/mol. The molecule has 2 aromatic carbocycles. The number of benzene rings is 2.